The quantitative estimate of drug-likeness (QED) is 0.716. The Morgan fingerprint density at radius 3 is 2.75 bits per heavy atom. The molecule has 0 saturated heterocycles. The van der Waals surface area contributed by atoms with Crippen molar-refractivity contribution in [1.29, 1.82) is 0 Å². The molecular formula is C10H18N4O2. The first-order valence-corrected chi connectivity index (χ1v) is 5.31. The van der Waals surface area contributed by atoms with Gasteiger partial charge in [0, 0.05) is 20.0 Å². The van der Waals surface area contributed by atoms with E-state index in [2.05, 4.69) is 15.5 Å². The molecule has 2 N–H and O–H groups in total. The van der Waals surface area contributed by atoms with Crippen molar-refractivity contribution in [3.8, 4) is 0 Å². The third kappa shape index (κ3) is 3.30. The maximum Gasteiger partial charge on any atom is 0.320 e. The highest BCUT2D eigenvalue weighted by Gasteiger charge is 2.20. The van der Waals surface area contributed by atoms with Gasteiger partial charge in [-0.2, -0.15) is 0 Å². The number of carboxylic acid groups (broad SMARTS) is 1. The summed E-state index contributed by atoms with van der Waals surface area (Å²) < 4.78 is 1.83. The lowest BCUT2D eigenvalue weighted by molar-refractivity contribution is -0.140. The molecule has 0 aliphatic heterocycles. The van der Waals surface area contributed by atoms with E-state index < -0.39 is 12.0 Å². The number of hydrogen-bond donors (Lipinski definition) is 2. The molecule has 0 aliphatic carbocycles. The Bertz CT molecular complexity index is 348. The zero-order chi connectivity index (χ0) is 12.1. The molecule has 0 amide bonds. The first-order chi connectivity index (χ1) is 7.52. The second kappa shape index (κ2) is 5.60. The number of rotatable bonds is 6. The van der Waals surface area contributed by atoms with Crippen molar-refractivity contribution in [2.75, 3.05) is 6.54 Å². The molecule has 0 bridgehead atoms. The average molecular weight is 226 g/mol. The van der Waals surface area contributed by atoms with E-state index in [0.717, 1.165) is 5.82 Å². The topological polar surface area (TPSA) is 80.0 Å². The number of aliphatic carboxylic acids is 1. The van der Waals surface area contributed by atoms with Crippen LogP contribution in [0.25, 0.3) is 0 Å². The molecule has 0 spiro atoms. The molecule has 1 rings (SSSR count). The van der Waals surface area contributed by atoms with Gasteiger partial charge in [0.2, 0.25) is 0 Å². The Hall–Kier alpha value is -1.43. The molecule has 1 aromatic rings. The number of nitrogens with one attached hydrogen (secondary N) is 1. The molecule has 1 atom stereocenters. The molecule has 1 heterocycles. The lowest BCUT2D eigenvalue weighted by Gasteiger charge is -2.17. The first-order valence-electron chi connectivity index (χ1n) is 5.31. The number of carbonyl (C=O) groups is 1. The third-order valence-corrected chi connectivity index (χ3v) is 2.45. The largest absolute Gasteiger partial charge is 0.480 e. The van der Waals surface area contributed by atoms with Crippen LogP contribution in [-0.2, 0) is 18.3 Å². The van der Waals surface area contributed by atoms with E-state index in [1.807, 2.05) is 25.5 Å². The number of aryl methyl sites for hydroxylation is 1. The van der Waals surface area contributed by atoms with Crippen molar-refractivity contribution in [3.63, 3.8) is 0 Å². The lowest BCUT2D eigenvalue weighted by Crippen LogP contribution is -2.41. The van der Waals surface area contributed by atoms with Crippen molar-refractivity contribution < 1.29 is 9.90 Å². The van der Waals surface area contributed by atoms with Crippen LogP contribution in [0.15, 0.2) is 6.33 Å². The van der Waals surface area contributed by atoms with Crippen LogP contribution in [0.5, 0.6) is 0 Å². The Labute approximate surface area is 94.7 Å². The fourth-order valence-corrected chi connectivity index (χ4v) is 1.48. The van der Waals surface area contributed by atoms with E-state index in [1.165, 1.54) is 0 Å². The van der Waals surface area contributed by atoms with Gasteiger partial charge < -0.3 is 15.0 Å². The van der Waals surface area contributed by atoms with Gasteiger partial charge in [0.05, 0.1) is 0 Å². The van der Waals surface area contributed by atoms with Crippen molar-refractivity contribution in [1.82, 2.24) is 20.1 Å². The highest BCUT2D eigenvalue weighted by molar-refractivity contribution is 5.73. The molecule has 0 aliphatic rings. The summed E-state index contributed by atoms with van der Waals surface area (Å²) in [6.45, 7) is 4.35. The van der Waals surface area contributed by atoms with Crippen molar-refractivity contribution in [3.05, 3.63) is 12.2 Å². The summed E-state index contributed by atoms with van der Waals surface area (Å²) in [5.74, 6) is 0.102. The van der Waals surface area contributed by atoms with Gasteiger partial charge in [-0.25, -0.2) is 0 Å². The van der Waals surface area contributed by atoms with Crippen LogP contribution >= 0.6 is 0 Å². The Morgan fingerprint density at radius 2 is 2.31 bits per heavy atom. The molecule has 6 nitrogen and oxygen atoms in total. The molecule has 0 fully saturated rings. The second-order valence-electron chi connectivity index (χ2n) is 4.12. The van der Waals surface area contributed by atoms with Gasteiger partial charge in [-0.05, 0) is 5.92 Å². The number of nitrogens with zero attached hydrogens (tertiary/aromatic N) is 3. The van der Waals surface area contributed by atoms with Gasteiger partial charge in [0.15, 0.2) is 0 Å². The van der Waals surface area contributed by atoms with Crippen LogP contribution in [0.2, 0.25) is 0 Å². The summed E-state index contributed by atoms with van der Waals surface area (Å²) >= 11 is 0. The number of aromatic nitrogens is 3. The smallest absolute Gasteiger partial charge is 0.320 e. The zero-order valence-corrected chi connectivity index (χ0v) is 9.84. The van der Waals surface area contributed by atoms with Crippen LogP contribution < -0.4 is 5.32 Å². The van der Waals surface area contributed by atoms with Gasteiger partial charge in [-0.3, -0.25) is 4.79 Å². The maximum absolute atomic E-state index is 10.9. The van der Waals surface area contributed by atoms with Gasteiger partial charge in [-0.1, -0.05) is 13.8 Å². The van der Waals surface area contributed by atoms with Gasteiger partial charge in [0.1, 0.15) is 18.2 Å². The SMILES string of the molecule is CC(C)C(NCCc1nncn1C)C(=O)O. The average Bonchev–Trinajstić information content (AvgIpc) is 2.57. The van der Waals surface area contributed by atoms with Gasteiger partial charge in [-0.15, -0.1) is 10.2 Å². The first kappa shape index (κ1) is 12.6. The molecule has 0 radical (unpaired) electrons. The minimum Gasteiger partial charge on any atom is -0.480 e. The standard InChI is InChI=1S/C10H18N4O2/c1-7(2)9(10(15)16)11-5-4-8-13-12-6-14(8)3/h6-7,9,11H,4-5H2,1-3H3,(H,15,16). The fourth-order valence-electron chi connectivity index (χ4n) is 1.48. The summed E-state index contributed by atoms with van der Waals surface area (Å²) in [5.41, 5.74) is 0. The van der Waals surface area contributed by atoms with E-state index >= 15 is 0 Å². The van der Waals surface area contributed by atoms with Gasteiger partial charge in [0.25, 0.3) is 0 Å². The number of hydrogen-bond acceptors (Lipinski definition) is 4. The van der Waals surface area contributed by atoms with Crippen LogP contribution in [-0.4, -0.2) is 38.4 Å². The van der Waals surface area contributed by atoms with Crippen molar-refractivity contribution in [2.24, 2.45) is 13.0 Å². The molecule has 90 valence electrons. The van der Waals surface area contributed by atoms with E-state index in [-0.39, 0.29) is 5.92 Å². The maximum atomic E-state index is 10.9. The highest BCUT2D eigenvalue weighted by Crippen LogP contribution is 2.01. The monoisotopic (exact) mass is 226 g/mol. The van der Waals surface area contributed by atoms with E-state index in [1.54, 1.807) is 6.33 Å². The minimum absolute atomic E-state index is 0.0667. The van der Waals surface area contributed by atoms with E-state index in [0.29, 0.717) is 13.0 Å². The zero-order valence-electron chi connectivity index (χ0n) is 9.84. The summed E-state index contributed by atoms with van der Waals surface area (Å²) in [6, 6.07) is -0.506. The van der Waals surface area contributed by atoms with Gasteiger partial charge >= 0.3 is 5.97 Å². The van der Waals surface area contributed by atoms with Crippen LogP contribution in [0.1, 0.15) is 19.7 Å². The van der Waals surface area contributed by atoms with Crippen LogP contribution in [0, 0.1) is 5.92 Å². The molecular weight excluding hydrogens is 208 g/mol. The summed E-state index contributed by atoms with van der Waals surface area (Å²) in [5, 5.41) is 19.6. The lowest BCUT2D eigenvalue weighted by atomic mass is 10.0. The molecule has 0 aromatic carbocycles. The molecule has 1 unspecified atom stereocenters. The minimum atomic E-state index is -0.812. The van der Waals surface area contributed by atoms with Crippen LogP contribution in [0.4, 0.5) is 0 Å². The molecule has 0 saturated carbocycles. The van der Waals surface area contributed by atoms with Crippen molar-refractivity contribution in [2.45, 2.75) is 26.3 Å². The second-order valence-corrected chi connectivity index (χ2v) is 4.12. The van der Waals surface area contributed by atoms with Crippen LogP contribution in [0.3, 0.4) is 0 Å². The Morgan fingerprint density at radius 1 is 1.62 bits per heavy atom. The molecule has 16 heavy (non-hydrogen) atoms. The van der Waals surface area contributed by atoms with Crippen molar-refractivity contribution >= 4 is 5.97 Å². The number of carboxylic acids is 1. The Balaban J connectivity index is 2.40. The molecule has 1 aromatic heterocycles. The summed E-state index contributed by atoms with van der Waals surface area (Å²) in [4.78, 5) is 10.9. The highest BCUT2D eigenvalue weighted by atomic mass is 16.4. The molecule has 6 heteroatoms. The normalized spacial score (nSPS) is 13.0. The van der Waals surface area contributed by atoms with E-state index in [9.17, 15) is 4.79 Å². The third-order valence-electron chi connectivity index (χ3n) is 2.45. The summed E-state index contributed by atoms with van der Waals surface area (Å²) in [7, 11) is 1.87. The fraction of sp³-hybridized carbons (Fsp3) is 0.700. The predicted octanol–water partition coefficient (Wildman–Crippen LogP) is 0.0564. The Kier molecular flexibility index (Phi) is 4.42. The summed E-state index contributed by atoms with van der Waals surface area (Å²) in [6.07, 6.45) is 2.31. The predicted molar refractivity (Wildman–Crippen MR) is 59.0 cm³/mol. The van der Waals surface area contributed by atoms with E-state index in [4.69, 9.17) is 5.11 Å².